The van der Waals surface area contributed by atoms with Crippen LogP contribution in [-0.2, 0) is 0 Å². The molecule has 1 aliphatic rings. The molecule has 1 heterocycles. The average molecular weight is 315 g/mol. The van der Waals surface area contributed by atoms with Gasteiger partial charge in [0.05, 0.1) is 15.7 Å². The van der Waals surface area contributed by atoms with Crippen LogP contribution in [-0.4, -0.2) is 23.9 Å². The van der Waals surface area contributed by atoms with Crippen LogP contribution in [0.1, 0.15) is 43.0 Å². The Bertz CT molecular complexity index is 474. The minimum atomic E-state index is -0.00906. The molecule has 0 spiro atoms. The number of piperidine rings is 1. The Labute approximate surface area is 130 Å². The zero-order valence-corrected chi connectivity index (χ0v) is 13.2. The number of nitrogens with zero attached hydrogens (tertiary/aromatic N) is 1. The van der Waals surface area contributed by atoms with Gasteiger partial charge < -0.3 is 10.6 Å². The largest absolute Gasteiger partial charge is 0.397 e. The van der Waals surface area contributed by atoms with Crippen LogP contribution >= 0.6 is 23.2 Å². The monoisotopic (exact) mass is 314 g/mol. The topological polar surface area (TPSA) is 46.3 Å². The number of hydrogen-bond acceptors (Lipinski definition) is 2. The van der Waals surface area contributed by atoms with Gasteiger partial charge in [0.15, 0.2) is 0 Å². The lowest BCUT2D eigenvalue weighted by Gasteiger charge is -2.32. The molecule has 1 aromatic rings. The molecule has 2 N–H and O–H groups in total. The van der Waals surface area contributed by atoms with Crippen molar-refractivity contribution >= 4 is 34.8 Å². The lowest BCUT2D eigenvalue weighted by molar-refractivity contribution is 0.0686. The van der Waals surface area contributed by atoms with Crippen molar-refractivity contribution in [3.05, 3.63) is 27.7 Å². The Morgan fingerprint density at radius 3 is 2.55 bits per heavy atom. The maximum atomic E-state index is 12.4. The second kappa shape index (κ2) is 6.68. The van der Waals surface area contributed by atoms with Gasteiger partial charge in [-0.15, -0.1) is 0 Å². The van der Waals surface area contributed by atoms with Gasteiger partial charge >= 0.3 is 0 Å². The van der Waals surface area contributed by atoms with E-state index in [9.17, 15) is 4.79 Å². The fourth-order valence-corrected chi connectivity index (χ4v) is 3.09. The number of rotatable bonds is 3. The molecule has 1 amide bonds. The van der Waals surface area contributed by atoms with E-state index in [1.54, 1.807) is 12.1 Å². The molecular formula is C15H20Cl2N2O. The highest BCUT2D eigenvalue weighted by Crippen LogP contribution is 2.30. The summed E-state index contributed by atoms with van der Waals surface area (Å²) in [6, 6.07) is 3.20. The van der Waals surface area contributed by atoms with Crippen molar-refractivity contribution in [3.63, 3.8) is 0 Å². The maximum Gasteiger partial charge on any atom is 0.253 e. The Kier molecular flexibility index (Phi) is 5.17. The normalized spacial score (nSPS) is 16.4. The van der Waals surface area contributed by atoms with Crippen LogP contribution in [0.15, 0.2) is 12.1 Å². The molecule has 0 saturated carbocycles. The van der Waals surface area contributed by atoms with Crippen molar-refractivity contribution in [3.8, 4) is 0 Å². The maximum absolute atomic E-state index is 12.4. The van der Waals surface area contributed by atoms with Crippen LogP contribution in [0.3, 0.4) is 0 Å². The van der Waals surface area contributed by atoms with Crippen LogP contribution in [0.2, 0.25) is 10.0 Å². The standard InChI is InChI=1S/C15H20Cl2N2O/c1-2-3-10-4-6-19(7-5-10)15(20)11-8-12(16)14(17)13(18)9-11/h8-10H,2-7,18H2,1H3. The SMILES string of the molecule is CCCC1CCN(C(=O)c2cc(N)c(Cl)c(Cl)c2)CC1. The van der Waals surface area contributed by atoms with Crippen molar-refractivity contribution < 1.29 is 4.79 Å². The van der Waals surface area contributed by atoms with Gasteiger partial charge in [-0.3, -0.25) is 4.79 Å². The molecule has 0 radical (unpaired) electrons. The third-order valence-corrected chi connectivity index (χ3v) is 4.72. The van der Waals surface area contributed by atoms with Gasteiger partial charge in [-0.2, -0.15) is 0 Å². The lowest BCUT2D eigenvalue weighted by atomic mass is 9.92. The van der Waals surface area contributed by atoms with Crippen LogP contribution in [0.5, 0.6) is 0 Å². The fraction of sp³-hybridized carbons (Fsp3) is 0.533. The first-order valence-corrected chi connectivity index (χ1v) is 7.82. The van der Waals surface area contributed by atoms with E-state index in [0.717, 1.165) is 31.8 Å². The van der Waals surface area contributed by atoms with Gasteiger partial charge in [0.1, 0.15) is 0 Å². The first-order chi connectivity index (χ1) is 9.52. The number of halogens is 2. The quantitative estimate of drug-likeness (QED) is 0.849. The van der Waals surface area contributed by atoms with Crippen LogP contribution in [0.4, 0.5) is 5.69 Å². The number of carbonyl (C=O) groups is 1. The summed E-state index contributed by atoms with van der Waals surface area (Å²) in [5.74, 6) is 0.744. The molecule has 1 aromatic carbocycles. The summed E-state index contributed by atoms with van der Waals surface area (Å²) in [6.45, 7) is 3.82. The van der Waals surface area contributed by atoms with Gasteiger partial charge in [-0.25, -0.2) is 0 Å². The van der Waals surface area contributed by atoms with Crippen LogP contribution < -0.4 is 5.73 Å². The highest BCUT2D eigenvalue weighted by Gasteiger charge is 2.24. The number of benzene rings is 1. The second-order valence-corrected chi connectivity index (χ2v) is 6.17. The average Bonchev–Trinajstić information content (AvgIpc) is 2.44. The predicted octanol–water partition coefficient (Wildman–Crippen LogP) is 4.23. The minimum Gasteiger partial charge on any atom is -0.397 e. The fourth-order valence-electron chi connectivity index (χ4n) is 2.75. The zero-order chi connectivity index (χ0) is 14.7. The number of carbonyl (C=O) groups excluding carboxylic acids is 1. The number of amides is 1. The number of nitrogen functional groups attached to an aromatic ring is 1. The van der Waals surface area contributed by atoms with E-state index in [0.29, 0.717) is 21.3 Å². The summed E-state index contributed by atoms with van der Waals surface area (Å²) >= 11 is 11.9. The minimum absolute atomic E-state index is 0.00906. The third-order valence-electron chi connectivity index (χ3n) is 3.90. The van der Waals surface area contributed by atoms with E-state index in [2.05, 4.69) is 6.92 Å². The van der Waals surface area contributed by atoms with Gasteiger partial charge in [0.2, 0.25) is 0 Å². The van der Waals surface area contributed by atoms with E-state index >= 15 is 0 Å². The van der Waals surface area contributed by atoms with Crippen molar-refractivity contribution in [1.29, 1.82) is 0 Å². The Morgan fingerprint density at radius 1 is 1.35 bits per heavy atom. The smallest absolute Gasteiger partial charge is 0.253 e. The molecule has 0 aliphatic carbocycles. The van der Waals surface area contributed by atoms with Crippen molar-refractivity contribution in [2.24, 2.45) is 5.92 Å². The summed E-state index contributed by atoms with van der Waals surface area (Å²) in [5, 5.41) is 0.640. The van der Waals surface area contributed by atoms with E-state index in [4.69, 9.17) is 28.9 Å². The predicted molar refractivity (Wildman–Crippen MR) is 84.4 cm³/mol. The molecule has 0 atom stereocenters. The first kappa shape index (κ1) is 15.5. The van der Waals surface area contributed by atoms with Gasteiger partial charge in [-0.1, -0.05) is 43.0 Å². The number of hydrogen-bond donors (Lipinski definition) is 1. The summed E-state index contributed by atoms with van der Waals surface area (Å²) < 4.78 is 0. The van der Waals surface area contributed by atoms with E-state index in [1.165, 1.54) is 12.8 Å². The number of anilines is 1. The Balaban J connectivity index is 2.06. The second-order valence-electron chi connectivity index (χ2n) is 5.39. The van der Waals surface area contributed by atoms with Gasteiger partial charge in [0, 0.05) is 18.7 Å². The summed E-state index contributed by atoms with van der Waals surface area (Å²) in [4.78, 5) is 14.3. The first-order valence-electron chi connectivity index (χ1n) is 7.06. The zero-order valence-electron chi connectivity index (χ0n) is 11.7. The summed E-state index contributed by atoms with van der Waals surface area (Å²) in [6.07, 6.45) is 4.62. The Morgan fingerprint density at radius 2 is 2.00 bits per heavy atom. The highest BCUT2D eigenvalue weighted by atomic mass is 35.5. The van der Waals surface area contributed by atoms with Crippen LogP contribution in [0.25, 0.3) is 0 Å². The van der Waals surface area contributed by atoms with E-state index in [1.807, 2.05) is 4.90 Å². The van der Waals surface area contributed by atoms with Crippen molar-refractivity contribution in [1.82, 2.24) is 4.90 Å². The molecule has 3 nitrogen and oxygen atoms in total. The van der Waals surface area contributed by atoms with E-state index < -0.39 is 0 Å². The summed E-state index contributed by atoms with van der Waals surface area (Å²) in [7, 11) is 0. The molecule has 1 fully saturated rings. The third kappa shape index (κ3) is 3.39. The molecule has 0 aromatic heterocycles. The molecule has 0 unspecified atom stereocenters. The molecule has 110 valence electrons. The Hall–Kier alpha value is -0.930. The molecule has 20 heavy (non-hydrogen) atoms. The molecule has 0 bridgehead atoms. The van der Waals surface area contributed by atoms with Crippen molar-refractivity contribution in [2.75, 3.05) is 18.8 Å². The van der Waals surface area contributed by atoms with Crippen LogP contribution in [0, 0.1) is 5.92 Å². The van der Waals surface area contributed by atoms with Gasteiger partial charge in [0.25, 0.3) is 5.91 Å². The number of likely N-dealkylation sites (tertiary alicyclic amines) is 1. The van der Waals surface area contributed by atoms with E-state index in [-0.39, 0.29) is 5.91 Å². The molecule has 2 rings (SSSR count). The molecular weight excluding hydrogens is 295 g/mol. The molecule has 1 saturated heterocycles. The summed E-state index contributed by atoms with van der Waals surface area (Å²) in [5.41, 5.74) is 6.63. The highest BCUT2D eigenvalue weighted by molar-refractivity contribution is 6.43. The molecule has 5 heteroatoms. The number of nitrogens with two attached hydrogens (primary N) is 1. The molecule has 1 aliphatic heterocycles. The van der Waals surface area contributed by atoms with Gasteiger partial charge in [-0.05, 0) is 30.9 Å². The van der Waals surface area contributed by atoms with Crippen molar-refractivity contribution in [2.45, 2.75) is 32.6 Å². The lowest BCUT2D eigenvalue weighted by Crippen LogP contribution is -2.38.